The predicted molar refractivity (Wildman–Crippen MR) is 110 cm³/mol. The van der Waals surface area contributed by atoms with Gasteiger partial charge >= 0.3 is 6.18 Å². The molecule has 0 spiro atoms. The minimum Gasteiger partial charge on any atom is -0.366 e. The quantitative estimate of drug-likeness (QED) is 0.515. The van der Waals surface area contributed by atoms with E-state index in [0.29, 0.717) is 32.0 Å². The minimum absolute atomic E-state index is 0.0408. The predicted octanol–water partition coefficient (Wildman–Crippen LogP) is 4.81. The van der Waals surface area contributed by atoms with E-state index in [9.17, 15) is 28.1 Å². The summed E-state index contributed by atoms with van der Waals surface area (Å²) in [6, 6.07) is 10.5. The van der Waals surface area contributed by atoms with Crippen molar-refractivity contribution in [2.24, 2.45) is 5.92 Å². The van der Waals surface area contributed by atoms with Crippen molar-refractivity contribution in [3.05, 3.63) is 63.7 Å². The van der Waals surface area contributed by atoms with Crippen LogP contribution in [-0.2, 0) is 17.4 Å². The molecule has 9 heteroatoms. The lowest BCUT2D eigenvalue weighted by Crippen LogP contribution is -2.45. The number of hydrogen-bond donors (Lipinski definition) is 0. The van der Waals surface area contributed by atoms with Gasteiger partial charge < -0.3 is 9.80 Å². The van der Waals surface area contributed by atoms with E-state index in [-0.39, 0.29) is 23.6 Å². The SMILES string of the molecule is CC1Cc2ccccc2N1C(=O)C1CCN(c2ccc(C(F)(F)F)cc2[N+](=O)[O-])CC1. The highest BCUT2D eigenvalue weighted by Gasteiger charge is 2.38. The highest BCUT2D eigenvalue weighted by Crippen LogP contribution is 2.39. The summed E-state index contributed by atoms with van der Waals surface area (Å²) in [6.45, 7) is 2.75. The van der Waals surface area contributed by atoms with Crippen molar-refractivity contribution in [3.8, 4) is 0 Å². The Balaban J connectivity index is 1.49. The molecule has 31 heavy (non-hydrogen) atoms. The Morgan fingerprint density at radius 1 is 1.10 bits per heavy atom. The van der Waals surface area contributed by atoms with Gasteiger partial charge in [0.05, 0.1) is 10.5 Å². The first-order valence-electron chi connectivity index (χ1n) is 10.2. The molecule has 1 unspecified atom stereocenters. The molecule has 2 aromatic carbocycles. The molecule has 1 saturated heterocycles. The molecular weight excluding hydrogens is 411 g/mol. The molecule has 4 rings (SSSR count). The number of para-hydroxylation sites is 1. The van der Waals surface area contributed by atoms with Crippen molar-refractivity contribution in [1.82, 2.24) is 0 Å². The fraction of sp³-hybridized carbons (Fsp3) is 0.409. The normalized spacial score (nSPS) is 19.4. The van der Waals surface area contributed by atoms with Gasteiger partial charge in [0.1, 0.15) is 5.69 Å². The van der Waals surface area contributed by atoms with Crippen LogP contribution < -0.4 is 9.80 Å². The number of anilines is 2. The van der Waals surface area contributed by atoms with Gasteiger partial charge in [-0.15, -0.1) is 0 Å². The summed E-state index contributed by atoms with van der Waals surface area (Å²) in [5.74, 6) is -0.183. The number of carbonyl (C=O) groups is 1. The summed E-state index contributed by atoms with van der Waals surface area (Å²) in [6.07, 6.45) is -2.87. The van der Waals surface area contributed by atoms with Crippen molar-refractivity contribution in [1.29, 1.82) is 0 Å². The molecule has 2 aliphatic rings. The van der Waals surface area contributed by atoms with Crippen LogP contribution in [0.25, 0.3) is 0 Å². The van der Waals surface area contributed by atoms with Crippen LogP contribution in [0.1, 0.15) is 30.9 Å². The maximum Gasteiger partial charge on any atom is 0.416 e. The topological polar surface area (TPSA) is 66.7 Å². The molecule has 2 heterocycles. The first kappa shape index (κ1) is 21.1. The number of amides is 1. The summed E-state index contributed by atoms with van der Waals surface area (Å²) in [5, 5.41) is 11.4. The Kier molecular flexibility index (Phi) is 5.36. The van der Waals surface area contributed by atoms with Gasteiger partial charge in [0.25, 0.3) is 5.69 Å². The Morgan fingerprint density at radius 2 is 1.77 bits per heavy atom. The number of piperidine rings is 1. The van der Waals surface area contributed by atoms with E-state index in [2.05, 4.69) is 0 Å². The lowest BCUT2D eigenvalue weighted by molar-refractivity contribution is -0.384. The van der Waals surface area contributed by atoms with Crippen molar-refractivity contribution in [2.45, 2.75) is 38.4 Å². The molecular formula is C22H22F3N3O3. The van der Waals surface area contributed by atoms with Crippen LogP contribution in [0, 0.1) is 16.0 Å². The number of nitrogens with zero attached hydrogens (tertiary/aromatic N) is 3. The highest BCUT2D eigenvalue weighted by molar-refractivity contribution is 5.97. The zero-order chi connectivity index (χ0) is 22.3. The number of alkyl halides is 3. The van der Waals surface area contributed by atoms with Gasteiger partial charge in [-0.1, -0.05) is 18.2 Å². The number of benzene rings is 2. The molecule has 6 nitrogen and oxygen atoms in total. The smallest absolute Gasteiger partial charge is 0.366 e. The molecule has 1 atom stereocenters. The van der Waals surface area contributed by atoms with Gasteiger partial charge in [-0.3, -0.25) is 14.9 Å². The van der Waals surface area contributed by atoms with Crippen LogP contribution >= 0.6 is 0 Å². The number of rotatable bonds is 3. The van der Waals surface area contributed by atoms with Crippen LogP contribution in [0.15, 0.2) is 42.5 Å². The highest BCUT2D eigenvalue weighted by atomic mass is 19.4. The second kappa shape index (κ2) is 7.86. The standard InChI is InChI=1S/C22H22F3N3O3/c1-14-12-16-4-2-3-5-18(16)27(14)21(29)15-8-10-26(11-9-15)19-7-6-17(22(23,24)25)13-20(19)28(30)31/h2-7,13-15H,8-12H2,1H3. The van der Waals surface area contributed by atoms with Crippen LogP contribution in [0.5, 0.6) is 0 Å². The van der Waals surface area contributed by atoms with Gasteiger partial charge in [-0.05, 0) is 49.9 Å². The number of nitro groups is 1. The molecule has 2 aliphatic heterocycles. The number of halogens is 3. The summed E-state index contributed by atoms with van der Waals surface area (Å²) < 4.78 is 38.9. The van der Waals surface area contributed by atoms with E-state index < -0.39 is 22.4 Å². The summed E-state index contributed by atoms with van der Waals surface area (Å²) in [5.41, 5.74) is 0.613. The van der Waals surface area contributed by atoms with E-state index in [1.807, 2.05) is 36.1 Å². The third kappa shape index (κ3) is 3.96. The molecule has 0 aromatic heterocycles. The Hall–Kier alpha value is -3.10. The van der Waals surface area contributed by atoms with Crippen LogP contribution in [0.3, 0.4) is 0 Å². The molecule has 0 aliphatic carbocycles. The summed E-state index contributed by atoms with van der Waals surface area (Å²) in [4.78, 5) is 27.4. The third-order valence-electron chi connectivity index (χ3n) is 6.13. The van der Waals surface area contributed by atoms with Crippen molar-refractivity contribution < 1.29 is 22.9 Å². The molecule has 0 saturated carbocycles. The van der Waals surface area contributed by atoms with Crippen molar-refractivity contribution in [3.63, 3.8) is 0 Å². The van der Waals surface area contributed by atoms with Gasteiger partial charge in [-0.25, -0.2) is 0 Å². The van der Waals surface area contributed by atoms with E-state index in [1.54, 1.807) is 4.90 Å². The average Bonchev–Trinajstić information content (AvgIpc) is 3.08. The number of fused-ring (bicyclic) bond motifs is 1. The molecule has 0 radical (unpaired) electrons. The Morgan fingerprint density at radius 3 is 2.42 bits per heavy atom. The van der Waals surface area contributed by atoms with Gasteiger partial charge in [0.2, 0.25) is 5.91 Å². The van der Waals surface area contributed by atoms with E-state index in [1.165, 1.54) is 0 Å². The average molecular weight is 433 g/mol. The molecule has 0 N–H and O–H groups in total. The van der Waals surface area contributed by atoms with E-state index in [4.69, 9.17) is 0 Å². The number of hydrogen-bond acceptors (Lipinski definition) is 4. The second-order valence-electron chi connectivity index (χ2n) is 8.11. The molecule has 0 bridgehead atoms. The monoisotopic (exact) mass is 433 g/mol. The minimum atomic E-state index is -4.65. The van der Waals surface area contributed by atoms with Crippen molar-refractivity contribution >= 4 is 23.0 Å². The molecule has 2 aromatic rings. The molecule has 1 fully saturated rings. The van der Waals surface area contributed by atoms with Crippen LogP contribution in [-0.4, -0.2) is 30.0 Å². The molecule has 1 amide bonds. The first-order chi connectivity index (χ1) is 14.7. The maximum atomic E-state index is 13.2. The zero-order valence-corrected chi connectivity index (χ0v) is 16.9. The first-order valence-corrected chi connectivity index (χ1v) is 10.2. The lowest BCUT2D eigenvalue weighted by atomic mass is 9.94. The maximum absolute atomic E-state index is 13.2. The largest absolute Gasteiger partial charge is 0.416 e. The summed E-state index contributed by atoms with van der Waals surface area (Å²) >= 11 is 0. The number of nitro benzene ring substituents is 1. The lowest BCUT2D eigenvalue weighted by Gasteiger charge is -2.35. The molecule has 164 valence electrons. The summed E-state index contributed by atoms with van der Waals surface area (Å²) in [7, 11) is 0. The van der Waals surface area contributed by atoms with E-state index >= 15 is 0 Å². The van der Waals surface area contributed by atoms with Crippen LogP contribution in [0.2, 0.25) is 0 Å². The zero-order valence-electron chi connectivity index (χ0n) is 16.9. The number of carbonyl (C=O) groups excluding carboxylic acids is 1. The second-order valence-corrected chi connectivity index (χ2v) is 8.11. The Labute approximate surface area is 177 Å². The third-order valence-corrected chi connectivity index (χ3v) is 6.13. The van der Waals surface area contributed by atoms with Gasteiger partial charge in [-0.2, -0.15) is 13.2 Å². The Bertz CT molecular complexity index is 1020. The fourth-order valence-corrected chi connectivity index (χ4v) is 4.58. The van der Waals surface area contributed by atoms with Crippen LogP contribution in [0.4, 0.5) is 30.2 Å². The van der Waals surface area contributed by atoms with Crippen molar-refractivity contribution in [2.75, 3.05) is 22.9 Å². The van der Waals surface area contributed by atoms with Gasteiger partial charge in [0, 0.05) is 36.8 Å². The fourth-order valence-electron chi connectivity index (χ4n) is 4.58. The van der Waals surface area contributed by atoms with E-state index in [0.717, 1.165) is 29.8 Å². The van der Waals surface area contributed by atoms with Gasteiger partial charge in [0.15, 0.2) is 0 Å².